The number of carbonyl (C=O) groups is 2. The molecule has 190 valence electrons. The summed E-state index contributed by atoms with van der Waals surface area (Å²) in [6.45, 7) is 2.23. The number of carbonyl (C=O) groups excluding carboxylic acids is 1. The summed E-state index contributed by atoms with van der Waals surface area (Å²) in [6, 6.07) is 11.1. The molecule has 36 heavy (non-hydrogen) atoms. The average Bonchev–Trinajstić information content (AvgIpc) is 3.59. The number of hydrogen-bond donors (Lipinski definition) is 2. The van der Waals surface area contributed by atoms with Gasteiger partial charge in [0.1, 0.15) is 12.1 Å². The van der Waals surface area contributed by atoms with Crippen LogP contribution in [0, 0.1) is 11.7 Å². The van der Waals surface area contributed by atoms with Gasteiger partial charge in [0.2, 0.25) is 0 Å². The van der Waals surface area contributed by atoms with Crippen LogP contribution in [0.3, 0.4) is 0 Å². The van der Waals surface area contributed by atoms with E-state index in [0.717, 1.165) is 18.4 Å². The van der Waals surface area contributed by atoms with E-state index in [-0.39, 0.29) is 30.5 Å². The highest BCUT2D eigenvalue weighted by molar-refractivity contribution is 6.30. The van der Waals surface area contributed by atoms with Gasteiger partial charge in [-0.25, -0.2) is 9.37 Å². The van der Waals surface area contributed by atoms with Crippen molar-refractivity contribution in [2.75, 3.05) is 13.2 Å². The smallest absolute Gasteiger partial charge is 0.308 e. The van der Waals surface area contributed by atoms with E-state index in [0.29, 0.717) is 35.1 Å². The SMILES string of the molecule is CCOC[C@H](C[C@@H](Cc1ccc(-c2cc(Cl)ccc2F)cc1)NC(=O)c1coc(C2CC2)n1)C(=O)O. The zero-order valence-electron chi connectivity index (χ0n) is 19.9. The van der Waals surface area contributed by atoms with E-state index in [2.05, 4.69) is 10.3 Å². The minimum Gasteiger partial charge on any atom is -0.481 e. The molecule has 1 saturated carbocycles. The first kappa shape index (κ1) is 25.9. The molecule has 1 fully saturated rings. The zero-order chi connectivity index (χ0) is 25.7. The molecule has 3 aromatic rings. The van der Waals surface area contributed by atoms with E-state index in [1.165, 1.54) is 18.4 Å². The highest BCUT2D eigenvalue weighted by atomic mass is 35.5. The summed E-state index contributed by atoms with van der Waals surface area (Å²) in [4.78, 5) is 29.0. The highest BCUT2D eigenvalue weighted by Crippen LogP contribution is 2.39. The molecule has 9 heteroatoms. The lowest BCUT2D eigenvalue weighted by Crippen LogP contribution is -2.40. The lowest BCUT2D eigenvalue weighted by atomic mass is 9.94. The third-order valence-electron chi connectivity index (χ3n) is 6.13. The van der Waals surface area contributed by atoms with E-state index >= 15 is 0 Å². The number of ether oxygens (including phenoxy) is 1. The molecule has 1 amide bonds. The lowest BCUT2D eigenvalue weighted by Gasteiger charge is -2.22. The number of benzene rings is 2. The van der Waals surface area contributed by atoms with Crippen molar-refractivity contribution in [3.8, 4) is 11.1 Å². The molecule has 0 saturated heterocycles. The van der Waals surface area contributed by atoms with Crippen LogP contribution in [0.2, 0.25) is 5.02 Å². The van der Waals surface area contributed by atoms with Crippen molar-refractivity contribution in [2.45, 2.75) is 44.6 Å². The summed E-state index contributed by atoms with van der Waals surface area (Å²) < 4.78 is 25.0. The molecule has 0 radical (unpaired) electrons. The Morgan fingerprint density at radius 3 is 2.67 bits per heavy atom. The molecule has 0 bridgehead atoms. The second-order valence-corrected chi connectivity index (χ2v) is 9.41. The molecular weight excluding hydrogens is 487 g/mol. The van der Waals surface area contributed by atoms with Gasteiger partial charge in [0, 0.05) is 29.2 Å². The number of nitrogens with one attached hydrogen (secondary N) is 1. The fourth-order valence-corrected chi connectivity index (χ4v) is 4.20. The second-order valence-electron chi connectivity index (χ2n) is 8.97. The number of rotatable bonds is 12. The molecule has 1 aliphatic rings. The molecule has 2 N–H and O–H groups in total. The Morgan fingerprint density at radius 1 is 1.25 bits per heavy atom. The molecule has 0 spiro atoms. The standard InChI is InChI=1S/C27H28ClFN2O5/c1-2-35-14-19(27(33)34)12-21(30-25(32)24-15-36-26(31-24)18-7-8-18)11-16-3-5-17(6-4-16)22-13-20(28)9-10-23(22)29/h3-6,9-10,13,15,18-19,21H,2,7-8,11-12,14H2,1H3,(H,30,32)(H,33,34)/t19-,21+/m0/s1. The molecule has 0 unspecified atom stereocenters. The molecule has 1 heterocycles. The number of aliphatic carboxylic acids is 1. The van der Waals surface area contributed by atoms with Gasteiger partial charge in [0.25, 0.3) is 5.91 Å². The summed E-state index contributed by atoms with van der Waals surface area (Å²) >= 11 is 6.02. The molecule has 0 aliphatic heterocycles. The first-order chi connectivity index (χ1) is 17.3. The Labute approximate surface area is 213 Å². The molecule has 2 atom stereocenters. The van der Waals surface area contributed by atoms with Gasteiger partial charge in [0.15, 0.2) is 11.6 Å². The first-order valence-corrected chi connectivity index (χ1v) is 12.3. The number of aromatic nitrogens is 1. The van der Waals surface area contributed by atoms with E-state index in [4.69, 9.17) is 20.8 Å². The third kappa shape index (κ3) is 6.71. The van der Waals surface area contributed by atoms with Crippen molar-refractivity contribution in [1.29, 1.82) is 0 Å². The van der Waals surface area contributed by atoms with Crippen LogP contribution in [0.1, 0.15) is 54.0 Å². The van der Waals surface area contributed by atoms with Gasteiger partial charge >= 0.3 is 5.97 Å². The van der Waals surface area contributed by atoms with Crippen molar-refractivity contribution < 1.29 is 28.2 Å². The van der Waals surface area contributed by atoms with Crippen LogP contribution in [-0.2, 0) is 16.0 Å². The molecule has 7 nitrogen and oxygen atoms in total. The number of amides is 1. The van der Waals surface area contributed by atoms with Crippen LogP contribution in [-0.4, -0.2) is 41.2 Å². The van der Waals surface area contributed by atoms with Crippen molar-refractivity contribution >= 4 is 23.5 Å². The molecule has 2 aromatic carbocycles. The Hall–Kier alpha value is -3.23. The van der Waals surface area contributed by atoms with Gasteiger partial charge in [-0.2, -0.15) is 0 Å². The van der Waals surface area contributed by atoms with Gasteiger partial charge in [-0.15, -0.1) is 0 Å². The van der Waals surface area contributed by atoms with Gasteiger partial charge < -0.3 is 19.6 Å². The second kappa shape index (κ2) is 11.7. The van der Waals surface area contributed by atoms with Gasteiger partial charge in [0.05, 0.1) is 12.5 Å². The zero-order valence-corrected chi connectivity index (χ0v) is 20.6. The molecule has 1 aromatic heterocycles. The van der Waals surface area contributed by atoms with Gasteiger partial charge in [-0.3, -0.25) is 9.59 Å². The van der Waals surface area contributed by atoms with Crippen LogP contribution in [0.25, 0.3) is 11.1 Å². The molecule has 4 rings (SSSR count). The topological polar surface area (TPSA) is 102 Å². The number of halogens is 2. The van der Waals surface area contributed by atoms with E-state index < -0.39 is 23.8 Å². The van der Waals surface area contributed by atoms with Gasteiger partial charge in [-0.05, 0) is 61.9 Å². The summed E-state index contributed by atoms with van der Waals surface area (Å²) in [5.41, 5.74) is 2.07. The molecular formula is C27H28ClFN2O5. The van der Waals surface area contributed by atoms with Crippen LogP contribution in [0.4, 0.5) is 4.39 Å². The third-order valence-corrected chi connectivity index (χ3v) is 6.37. The van der Waals surface area contributed by atoms with Crippen LogP contribution in [0.5, 0.6) is 0 Å². The highest BCUT2D eigenvalue weighted by Gasteiger charge is 2.30. The van der Waals surface area contributed by atoms with E-state index in [9.17, 15) is 19.1 Å². The Balaban J connectivity index is 1.51. The van der Waals surface area contributed by atoms with Gasteiger partial charge in [-0.1, -0.05) is 35.9 Å². The van der Waals surface area contributed by atoms with Crippen LogP contribution in [0.15, 0.2) is 53.1 Å². The summed E-state index contributed by atoms with van der Waals surface area (Å²) in [5, 5.41) is 13.0. The van der Waals surface area contributed by atoms with E-state index in [1.807, 2.05) is 12.1 Å². The van der Waals surface area contributed by atoms with E-state index in [1.54, 1.807) is 25.1 Å². The Bertz CT molecular complexity index is 1210. The summed E-state index contributed by atoms with van der Waals surface area (Å²) in [6.07, 6.45) is 3.86. The summed E-state index contributed by atoms with van der Waals surface area (Å²) in [5.74, 6) is -1.76. The number of carboxylic acid groups (broad SMARTS) is 1. The Morgan fingerprint density at radius 2 is 2.00 bits per heavy atom. The van der Waals surface area contributed by atoms with Crippen LogP contribution < -0.4 is 5.32 Å². The quantitative estimate of drug-likeness (QED) is 0.332. The number of carboxylic acids is 1. The Kier molecular flexibility index (Phi) is 8.38. The van der Waals surface area contributed by atoms with Crippen LogP contribution >= 0.6 is 11.6 Å². The van der Waals surface area contributed by atoms with Crippen molar-refractivity contribution in [2.24, 2.45) is 5.92 Å². The largest absolute Gasteiger partial charge is 0.481 e. The average molecular weight is 515 g/mol. The molecule has 1 aliphatic carbocycles. The maximum atomic E-state index is 14.3. The first-order valence-electron chi connectivity index (χ1n) is 11.9. The lowest BCUT2D eigenvalue weighted by molar-refractivity contribution is -0.144. The number of hydrogen-bond acceptors (Lipinski definition) is 5. The predicted octanol–water partition coefficient (Wildman–Crippen LogP) is 5.48. The minimum absolute atomic E-state index is 0.0426. The maximum absolute atomic E-state index is 14.3. The monoisotopic (exact) mass is 514 g/mol. The van der Waals surface area contributed by atoms with Crippen molar-refractivity contribution in [3.63, 3.8) is 0 Å². The fourth-order valence-electron chi connectivity index (χ4n) is 4.03. The van der Waals surface area contributed by atoms with Crippen molar-refractivity contribution in [3.05, 3.63) is 76.7 Å². The van der Waals surface area contributed by atoms with Crippen molar-refractivity contribution in [1.82, 2.24) is 10.3 Å². The number of nitrogens with zero attached hydrogens (tertiary/aromatic N) is 1. The fraction of sp³-hybridized carbons (Fsp3) is 0.370. The predicted molar refractivity (Wildman–Crippen MR) is 133 cm³/mol. The maximum Gasteiger partial charge on any atom is 0.308 e. The number of oxazole rings is 1. The normalized spacial score (nSPS) is 14.9. The summed E-state index contributed by atoms with van der Waals surface area (Å²) in [7, 11) is 0. The minimum atomic E-state index is -0.994.